The van der Waals surface area contributed by atoms with Gasteiger partial charge in [0.2, 0.25) is 0 Å². The van der Waals surface area contributed by atoms with Crippen LogP contribution in [0.4, 0.5) is 0 Å². The molecule has 0 radical (unpaired) electrons. The number of fused-ring (bicyclic) bond motifs is 1. The van der Waals surface area contributed by atoms with Crippen LogP contribution in [0.5, 0.6) is 0 Å². The van der Waals surface area contributed by atoms with Crippen molar-refractivity contribution in [3.05, 3.63) is 29.2 Å². The molecular formula is C11H11ClN2. The zero-order valence-corrected chi connectivity index (χ0v) is 8.75. The lowest BCUT2D eigenvalue weighted by Crippen LogP contribution is -1.90. The summed E-state index contributed by atoms with van der Waals surface area (Å²) in [6, 6.07) is 2.75. The Balaban J connectivity index is 2.37. The highest BCUT2D eigenvalue weighted by Gasteiger charge is 2.25. The molecule has 1 fully saturated rings. The minimum absolute atomic E-state index is 0.624. The summed E-state index contributed by atoms with van der Waals surface area (Å²) in [6.45, 7) is 2.09. The summed E-state index contributed by atoms with van der Waals surface area (Å²) in [4.78, 5) is 4.11. The van der Waals surface area contributed by atoms with Gasteiger partial charge in [0.15, 0.2) is 0 Å². The van der Waals surface area contributed by atoms with E-state index in [4.69, 9.17) is 11.6 Å². The third-order valence-corrected chi connectivity index (χ3v) is 3.11. The van der Waals surface area contributed by atoms with Gasteiger partial charge < -0.3 is 4.57 Å². The first-order valence-electron chi connectivity index (χ1n) is 4.89. The van der Waals surface area contributed by atoms with Crippen molar-refractivity contribution in [3.63, 3.8) is 0 Å². The summed E-state index contributed by atoms with van der Waals surface area (Å²) in [5.41, 5.74) is 2.45. The van der Waals surface area contributed by atoms with Crippen LogP contribution in [0.15, 0.2) is 18.5 Å². The highest BCUT2D eigenvalue weighted by molar-refractivity contribution is 6.34. The second-order valence-electron chi connectivity index (χ2n) is 3.95. The Morgan fingerprint density at radius 1 is 1.50 bits per heavy atom. The van der Waals surface area contributed by atoms with Gasteiger partial charge in [-0.3, -0.25) is 0 Å². The summed E-state index contributed by atoms with van der Waals surface area (Å²) < 4.78 is 2.33. The van der Waals surface area contributed by atoms with E-state index in [0.717, 1.165) is 5.39 Å². The molecule has 14 heavy (non-hydrogen) atoms. The van der Waals surface area contributed by atoms with Gasteiger partial charge in [-0.15, -0.1) is 0 Å². The van der Waals surface area contributed by atoms with Gasteiger partial charge >= 0.3 is 0 Å². The molecule has 1 saturated carbocycles. The average Bonchev–Trinajstić information content (AvgIpc) is 2.93. The van der Waals surface area contributed by atoms with Gasteiger partial charge in [0.25, 0.3) is 0 Å². The summed E-state index contributed by atoms with van der Waals surface area (Å²) in [5.74, 6) is 0. The Bertz CT molecular complexity index is 497. The Labute approximate surface area is 87.5 Å². The molecule has 0 spiro atoms. The smallest absolute Gasteiger partial charge is 0.138 e. The van der Waals surface area contributed by atoms with Crippen molar-refractivity contribution in [2.75, 3.05) is 0 Å². The maximum absolute atomic E-state index is 6.08. The van der Waals surface area contributed by atoms with Crippen LogP contribution in [0.3, 0.4) is 0 Å². The van der Waals surface area contributed by atoms with E-state index in [1.807, 2.05) is 6.07 Å². The van der Waals surface area contributed by atoms with Gasteiger partial charge in [-0.2, -0.15) is 0 Å². The highest BCUT2D eigenvalue weighted by atomic mass is 35.5. The third-order valence-electron chi connectivity index (χ3n) is 2.83. The molecular weight excluding hydrogens is 196 g/mol. The number of halogens is 1. The van der Waals surface area contributed by atoms with Crippen LogP contribution in [0.25, 0.3) is 10.9 Å². The van der Waals surface area contributed by atoms with E-state index in [9.17, 15) is 0 Å². The predicted octanol–water partition coefficient (Wildman–Crippen LogP) is 3.33. The first-order valence-corrected chi connectivity index (χ1v) is 5.27. The number of aromatic nitrogens is 2. The lowest BCUT2D eigenvalue weighted by atomic mass is 10.2. The zero-order chi connectivity index (χ0) is 9.71. The number of hydrogen-bond acceptors (Lipinski definition) is 1. The van der Waals surface area contributed by atoms with Crippen molar-refractivity contribution in [2.45, 2.75) is 25.8 Å². The summed E-state index contributed by atoms with van der Waals surface area (Å²) in [5, 5.41) is 1.74. The lowest BCUT2D eigenvalue weighted by molar-refractivity contribution is 0.773. The van der Waals surface area contributed by atoms with Crippen LogP contribution in [0.2, 0.25) is 5.15 Å². The predicted molar refractivity (Wildman–Crippen MR) is 57.8 cm³/mol. The Morgan fingerprint density at radius 3 is 3.00 bits per heavy atom. The van der Waals surface area contributed by atoms with Crippen molar-refractivity contribution in [1.29, 1.82) is 0 Å². The first-order chi connectivity index (χ1) is 6.77. The molecule has 0 atom stereocenters. The van der Waals surface area contributed by atoms with E-state index in [-0.39, 0.29) is 0 Å². The van der Waals surface area contributed by atoms with E-state index in [2.05, 4.69) is 22.7 Å². The Kier molecular flexibility index (Phi) is 1.62. The standard InChI is InChI=1S/C11H11ClN2/c1-7-6-14(8-2-3-8)9-4-5-13-11(12)10(7)9/h4-6,8H,2-3H2,1H3. The van der Waals surface area contributed by atoms with Gasteiger partial charge in [0.05, 0.1) is 5.52 Å². The van der Waals surface area contributed by atoms with Gasteiger partial charge in [0, 0.05) is 23.8 Å². The van der Waals surface area contributed by atoms with Gasteiger partial charge in [0.1, 0.15) is 5.15 Å². The average molecular weight is 207 g/mol. The van der Waals surface area contributed by atoms with Crippen LogP contribution in [0.1, 0.15) is 24.4 Å². The first kappa shape index (κ1) is 8.30. The molecule has 0 aliphatic heterocycles. The van der Waals surface area contributed by atoms with Gasteiger partial charge in [-0.05, 0) is 31.4 Å². The minimum Gasteiger partial charge on any atom is -0.344 e. The molecule has 0 N–H and O–H groups in total. The van der Waals surface area contributed by atoms with Crippen LogP contribution in [-0.2, 0) is 0 Å². The van der Waals surface area contributed by atoms with Crippen LogP contribution in [0, 0.1) is 6.92 Å². The molecule has 2 aromatic rings. The molecule has 0 unspecified atom stereocenters. The maximum atomic E-state index is 6.08. The lowest BCUT2D eigenvalue weighted by Gasteiger charge is -2.01. The fourth-order valence-corrected chi connectivity index (χ4v) is 2.31. The minimum atomic E-state index is 0.624. The van der Waals surface area contributed by atoms with Gasteiger partial charge in [-0.25, -0.2) is 4.98 Å². The van der Waals surface area contributed by atoms with Crippen LogP contribution in [-0.4, -0.2) is 9.55 Å². The number of pyridine rings is 1. The van der Waals surface area contributed by atoms with Gasteiger partial charge in [-0.1, -0.05) is 11.6 Å². The number of rotatable bonds is 1. The number of aryl methyl sites for hydroxylation is 1. The fraction of sp³-hybridized carbons (Fsp3) is 0.364. The van der Waals surface area contributed by atoms with Crippen molar-refractivity contribution >= 4 is 22.5 Å². The molecule has 1 aliphatic rings. The summed E-state index contributed by atoms with van der Waals surface area (Å²) in [6.07, 6.45) is 6.56. The molecule has 3 rings (SSSR count). The second-order valence-corrected chi connectivity index (χ2v) is 4.30. The molecule has 72 valence electrons. The third kappa shape index (κ3) is 1.07. The SMILES string of the molecule is Cc1cn(C2CC2)c2ccnc(Cl)c12. The molecule has 2 nitrogen and oxygen atoms in total. The highest BCUT2D eigenvalue weighted by Crippen LogP contribution is 2.39. The second kappa shape index (κ2) is 2.74. The Hall–Kier alpha value is -1.02. The normalized spacial score (nSPS) is 16.4. The molecule has 2 heterocycles. The van der Waals surface area contributed by atoms with Crippen molar-refractivity contribution < 1.29 is 0 Å². The maximum Gasteiger partial charge on any atom is 0.138 e. The van der Waals surface area contributed by atoms with Crippen molar-refractivity contribution in [1.82, 2.24) is 9.55 Å². The molecule has 2 aromatic heterocycles. The quantitative estimate of drug-likeness (QED) is 0.655. The number of nitrogens with zero attached hydrogens (tertiary/aromatic N) is 2. The molecule has 0 aromatic carbocycles. The molecule has 0 amide bonds. The largest absolute Gasteiger partial charge is 0.344 e. The van der Waals surface area contributed by atoms with Crippen LogP contribution >= 0.6 is 11.6 Å². The van der Waals surface area contributed by atoms with E-state index < -0.39 is 0 Å². The zero-order valence-electron chi connectivity index (χ0n) is 8.00. The van der Waals surface area contributed by atoms with E-state index in [1.165, 1.54) is 23.9 Å². The Morgan fingerprint density at radius 2 is 2.29 bits per heavy atom. The van der Waals surface area contributed by atoms with Crippen molar-refractivity contribution in [2.24, 2.45) is 0 Å². The summed E-state index contributed by atoms with van der Waals surface area (Å²) >= 11 is 6.08. The monoisotopic (exact) mass is 206 g/mol. The molecule has 0 bridgehead atoms. The van der Waals surface area contributed by atoms with Crippen molar-refractivity contribution in [3.8, 4) is 0 Å². The van der Waals surface area contributed by atoms with E-state index in [1.54, 1.807) is 6.20 Å². The molecule has 3 heteroatoms. The molecule has 0 saturated heterocycles. The van der Waals surface area contributed by atoms with Crippen LogP contribution < -0.4 is 0 Å². The summed E-state index contributed by atoms with van der Waals surface area (Å²) in [7, 11) is 0. The fourth-order valence-electron chi connectivity index (χ4n) is 2.00. The molecule has 1 aliphatic carbocycles. The number of hydrogen-bond donors (Lipinski definition) is 0. The van der Waals surface area contributed by atoms with E-state index in [0.29, 0.717) is 11.2 Å². The van der Waals surface area contributed by atoms with E-state index >= 15 is 0 Å². The topological polar surface area (TPSA) is 17.8 Å².